The fourth-order valence-electron chi connectivity index (χ4n) is 3.40. The van der Waals surface area contributed by atoms with E-state index < -0.39 is 0 Å². The lowest BCUT2D eigenvalue weighted by atomic mass is 9.92. The first kappa shape index (κ1) is 15.1. The highest BCUT2D eigenvalue weighted by Gasteiger charge is 2.57. The van der Waals surface area contributed by atoms with Gasteiger partial charge >= 0.3 is 0 Å². The largest absolute Gasteiger partial charge is 0.317 e. The number of nitrogens with one attached hydrogen (secondary N) is 2. The molecule has 0 bridgehead atoms. The summed E-state index contributed by atoms with van der Waals surface area (Å²) >= 11 is 7.38. The van der Waals surface area contributed by atoms with Gasteiger partial charge < -0.3 is 10.6 Å². The predicted octanol–water partition coefficient (Wildman–Crippen LogP) is 3.19. The molecule has 1 aromatic heterocycles. The molecule has 120 valence electrons. The highest BCUT2D eigenvalue weighted by molar-refractivity contribution is 7.18. The number of hydrogen-bond donors (Lipinski definition) is 2. The van der Waals surface area contributed by atoms with Crippen LogP contribution in [0, 0.1) is 11.3 Å². The Morgan fingerprint density at radius 2 is 2.17 bits per heavy atom. The molecular weight excluding hydrogens is 332 g/mol. The van der Waals surface area contributed by atoms with E-state index in [1.807, 2.05) is 24.3 Å². The van der Waals surface area contributed by atoms with Gasteiger partial charge in [0.2, 0.25) is 11.0 Å². The summed E-state index contributed by atoms with van der Waals surface area (Å²) in [6.07, 6.45) is 3.18. The number of anilines is 1. The first-order valence-electron chi connectivity index (χ1n) is 7.77. The zero-order valence-electron chi connectivity index (χ0n) is 12.5. The van der Waals surface area contributed by atoms with Crippen molar-refractivity contribution in [1.82, 2.24) is 15.5 Å². The van der Waals surface area contributed by atoms with Crippen molar-refractivity contribution in [2.45, 2.75) is 19.3 Å². The molecule has 1 atom stereocenters. The molecule has 1 aromatic carbocycles. The van der Waals surface area contributed by atoms with E-state index in [9.17, 15) is 4.79 Å². The van der Waals surface area contributed by atoms with Crippen LogP contribution in [0.25, 0.3) is 10.6 Å². The Balaban J connectivity index is 1.43. The molecule has 7 heteroatoms. The Hall–Kier alpha value is -1.50. The molecule has 2 aliphatic rings. The Morgan fingerprint density at radius 1 is 1.35 bits per heavy atom. The van der Waals surface area contributed by atoms with Crippen LogP contribution in [0.15, 0.2) is 24.3 Å². The van der Waals surface area contributed by atoms with Crippen molar-refractivity contribution in [3.63, 3.8) is 0 Å². The van der Waals surface area contributed by atoms with Crippen LogP contribution in [0.2, 0.25) is 5.02 Å². The first-order chi connectivity index (χ1) is 11.2. The van der Waals surface area contributed by atoms with Crippen LogP contribution >= 0.6 is 22.9 Å². The van der Waals surface area contributed by atoms with E-state index in [0.717, 1.165) is 42.9 Å². The summed E-state index contributed by atoms with van der Waals surface area (Å²) in [7, 11) is 0. The van der Waals surface area contributed by atoms with Crippen molar-refractivity contribution in [2.75, 3.05) is 18.4 Å². The van der Waals surface area contributed by atoms with Gasteiger partial charge in [-0.1, -0.05) is 35.1 Å². The lowest BCUT2D eigenvalue weighted by molar-refractivity contribution is -0.118. The minimum Gasteiger partial charge on any atom is -0.317 e. The van der Waals surface area contributed by atoms with Crippen LogP contribution in [-0.2, 0) is 4.79 Å². The molecule has 1 unspecified atom stereocenters. The van der Waals surface area contributed by atoms with E-state index in [0.29, 0.717) is 10.2 Å². The number of carbonyl (C=O) groups is 1. The van der Waals surface area contributed by atoms with Gasteiger partial charge in [-0.2, -0.15) is 0 Å². The summed E-state index contributed by atoms with van der Waals surface area (Å²) in [6.45, 7) is 2.03. The maximum absolute atomic E-state index is 12.4. The lowest BCUT2D eigenvalue weighted by Crippen LogP contribution is -2.31. The molecule has 1 saturated carbocycles. The number of amides is 1. The van der Waals surface area contributed by atoms with Crippen molar-refractivity contribution in [3.05, 3.63) is 29.3 Å². The third-order valence-electron chi connectivity index (χ3n) is 4.83. The van der Waals surface area contributed by atoms with Crippen molar-refractivity contribution in [3.8, 4) is 10.6 Å². The molecule has 23 heavy (non-hydrogen) atoms. The highest BCUT2D eigenvalue weighted by Crippen LogP contribution is 2.58. The fourth-order valence-corrected chi connectivity index (χ4v) is 4.33. The van der Waals surface area contributed by atoms with E-state index in [4.69, 9.17) is 11.6 Å². The second kappa shape index (κ2) is 5.85. The minimum atomic E-state index is 0.0840. The summed E-state index contributed by atoms with van der Waals surface area (Å²) in [5.41, 5.74) is 1.15. The van der Waals surface area contributed by atoms with Gasteiger partial charge in [-0.25, -0.2) is 0 Å². The maximum Gasteiger partial charge on any atom is 0.229 e. The smallest absolute Gasteiger partial charge is 0.229 e. The van der Waals surface area contributed by atoms with Crippen LogP contribution in [-0.4, -0.2) is 29.2 Å². The first-order valence-corrected chi connectivity index (χ1v) is 8.97. The molecule has 1 aliphatic heterocycles. The molecule has 1 aliphatic carbocycles. The molecule has 5 nitrogen and oxygen atoms in total. The van der Waals surface area contributed by atoms with Crippen LogP contribution in [0.1, 0.15) is 19.3 Å². The average Bonchev–Trinajstić information content (AvgIpc) is 3.04. The third-order valence-corrected chi connectivity index (χ3v) is 5.96. The van der Waals surface area contributed by atoms with Crippen LogP contribution in [0.5, 0.6) is 0 Å². The summed E-state index contributed by atoms with van der Waals surface area (Å²) in [5.74, 6) is 0.212. The predicted molar refractivity (Wildman–Crippen MR) is 91.6 cm³/mol. The number of carbonyl (C=O) groups excluding carboxylic acids is 1. The summed E-state index contributed by atoms with van der Waals surface area (Å²) in [4.78, 5) is 12.4. The van der Waals surface area contributed by atoms with Crippen molar-refractivity contribution in [2.24, 2.45) is 11.3 Å². The van der Waals surface area contributed by atoms with E-state index in [1.54, 1.807) is 0 Å². The number of benzene rings is 1. The second-order valence-electron chi connectivity index (χ2n) is 6.28. The fraction of sp³-hybridized carbons (Fsp3) is 0.438. The molecular formula is C16H17ClN4OS. The average molecular weight is 349 g/mol. The standard InChI is InChI=1S/C16H17ClN4OS/c17-11-3-1-2-10(8-11)14-20-21-15(23-14)19-13(22)12-9-16(12)4-6-18-7-5-16/h1-3,8,12,18H,4-7,9H2,(H,19,21,22). The van der Waals surface area contributed by atoms with Gasteiger partial charge in [-0.15, -0.1) is 10.2 Å². The number of halogens is 1. The van der Waals surface area contributed by atoms with Crippen molar-refractivity contribution in [1.29, 1.82) is 0 Å². The Bertz CT molecular complexity index is 741. The van der Waals surface area contributed by atoms with E-state index in [1.165, 1.54) is 11.3 Å². The third kappa shape index (κ3) is 2.98. The van der Waals surface area contributed by atoms with Crippen LogP contribution in [0.4, 0.5) is 5.13 Å². The van der Waals surface area contributed by atoms with E-state index in [2.05, 4.69) is 20.8 Å². The number of hydrogen-bond acceptors (Lipinski definition) is 5. The topological polar surface area (TPSA) is 66.9 Å². The summed E-state index contributed by atoms with van der Waals surface area (Å²) in [5, 5.41) is 16.5. The second-order valence-corrected chi connectivity index (χ2v) is 7.70. The number of nitrogens with zero attached hydrogens (tertiary/aromatic N) is 2. The number of rotatable bonds is 3. The van der Waals surface area contributed by atoms with Gasteiger partial charge in [0.25, 0.3) is 0 Å². The number of aromatic nitrogens is 2. The molecule has 2 aromatic rings. The van der Waals surface area contributed by atoms with Gasteiger partial charge in [0, 0.05) is 16.5 Å². The molecule has 2 N–H and O–H groups in total. The molecule has 1 spiro atoms. The SMILES string of the molecule is O=C(Nc1nnc(-c2cccc(Cl)c2)s1)C1CC12CCNCC2. The normalized spacial score (nSPS) is 22.0. The Labute approximate surface area is 143 Å². The van der Waals surface area contributed by atoms with E-state index in [-0.39, 0.29) is 17.2 Å². The van der Waals surface area contributed by atoms with Gasteiger partial charge in [-0.3, -0.25) is 4.79 Å². The molecule has 0 radical (unpaired) electrons. The van der Waals surface area contributed by atoms with Crippen LogP contribution < -0.4 is 10.6 Å². The molecule has 4 rings (SSSR count). The van der Waals surface area contributed by atoms with Crippen LogP contribution in [0.3, 0.4) is 0 Å². The van der Waals surface area contributed by atoms with Gasteiger partial charge in [0.1, 0.15) is 5.01 Å². The van der Waals surface area contributed by atoms with Gasteiger partial charge in [-0.05, 0) is 49.9 Å². The van der Waals surface area contributed by atoms with Gasteiger partial charge in [0.15, 0.2) is 0 Å². The minimum absolute atomic E-state index is 0.0840. The van der Waals surface area contributed by atoms with Crippen molar-refractivity contribution >= 4 is 34.0 Å². The molecule has 2 fully saturated rings. The lowest BCUT2D eigenvalue weighted by Gasteiger charge is -2.22. The quantitative estimate of drug-likeness (QED) is 0.894. The summed E-state index contributed by atoms with van der Waals surface area (Å²) in [6, 6.07) is 7.48. The molecule has 1 amide bonds. The zero-order valence-corrected chi connectivity index (χ0v) is 14.1. The van der Waals surface area contributed by atoms with Gasteiger partial charge in [0.05, 0.1) is 0 Å². The number of piperidine rings is 1. The Morgan fingerprint density at radius 3 is 2.96 bits per heavy atom. The summed E-state index contributed by atoms with van der Waals surface area (Å²) < 4.78 is 0. The van der Waals surface area contributed by atoms with Crippen molar-refractivity contribution < 1.29 is 4.79 Å². The zero-order chi connectivity index (χ0) is 15.9. The molecule has 2 heterocycles. The molecule has 1 saturated heterocycles. The Kier molecular flexibility index (Phi) is 3.83. The highest BCUT2D eigenvalue weighted by atomic mass is 35.5. The monoisotopic (exact) mass is 348 g/mol. The maximum atomic E-state index is 12.4. The van der Waals surface area contributed by atoms with E-state index >= 15 is 0 Å².